The predicted octanol–water partition coefficient (Wildman–Crippen LogP) is 5.74. The third-order valence-electron chi connectivity index (χ3n) is 7.98. The lowest BCUT2D eigenvalue weighted by molar-refractivity contribution is -0.143. The number of benzene rings is 2. The summed E-state index contributed by atoms with van der Waals surface area (Å²) < 4.78 is 86.4. The van der Waals surface area contributed by atoms with Crippen LogP contribution in [0.4, 0.5) is 32.0 Å². The van der Waals surface area contributed by atoms with Crippen molar-refractivity contribution in [2.24, 2.45) is 17.8 Å². The smallest absolute Gasteiger partial charge is 0.416 e. The van der Waals surface area contributed by atoms with E-state index < -0.39 is 71.4 Å². The second-order valence-corrected chi connectivity index (χ2v) is 11.0. The van der Waals surface area contributed by atoms with E-state index in [2.05, 4.69) is 0 Å². The van der Waals surface area contributed by atoms with Gasteiger partial charge in [0.1, 0.15) is 5.75 Å². The van der Waals surface area contributed by atoms with Crippen molar-refractivity contribution in [3.8, 4) is 5.75 Å². The number of aromatic hydroxyl groups is 1. The van der Waals surface area contributed by atoms with E-state index in [1.807, 2.05) is 6.92 Å². The third-order valence-corrected chi connectivity index (χ3v) is 7.98. The Labute approximate surface area is 249 Å². The van der Waals surface area contributed by atoms with E-state index >= 15 is 0 Å². The molecular formula is C31H31F6NO6. The van der Waals surface area contributed by atoms with Gasteiger partial charge in [-0.2, -0.15) is 26.3 Å². The highest BCUT2D eigenvalue weighted by Crippen LogP contribution is 2.48. The fourth-order valence-electron chi connectivity index (χ4n) is 6.08. The lowest BCUT2D eigenvalue weighted by atomic mass is 9.68. The highest BCUT2D eigenvalue weighted by Gasteiger charge is 2.55. The number of alkyl halides is 6. The minimum Gasteiger partial charge on any atom is -0.508 e. The van der Waals surface area contributed by atoms with Crippen molar-refractivity contribution < 1.29 is 56.0 Å². The van der Waals surface area contributed by atoms with Crippen LogP contribution in [0, 0.1) is 17.8 Å². The maximum atomic E-state index is 13.6. The molecule has 1 aliphatic heterocycles. The van der Waals surface area contributed by atoms with Crippen molar-refractivity contribution in [2.75, 3.05) is 25.2 Å². The molecule has 0 saturated carbocycles. The number of hydrogen-bond donors (Lipinski definition) is 3. The number of halogens is 6. The first-order valence-corrected chi connectivity index (χ1v) is 13.7. The molecule has 1 heterocycles. The zero-order valence-corrected chi connectivity index (χ0v) is 23.7. The highest BCUT2D eigenvalue weighted by atomic mass is 19.4. The van der Waals surface area contributed by atoms with Crippen LogP contribution in [0.2, 0.25) is 0 Å². The molecule has 1 saturated heterocycles. The van der Waals surface area contributed by atoms with Gasteiger partial charge < -0.3 is 20.1 Å². The number of amides is 2. The molecule has 0 aromatic heterocycles. The summed E-state index contributed by atoms with van der Waals surface area (Å²) in [6, 6.07) is 7.05. The lowest BCUT2D eigenvalue weighted by Crippen LogP contribution is -2.39. The van der Waals surface area contributed by atoms with Crippen LogP contribution >= 0.6 is 0 Å². The summed E-state index contributed by atoms with van der Waals surface area (Å²) in [5, 5.41) is 31.4. The lowest BCUT2D eigenvalue weighted by Gasteiger charge is -2.36. The van der Waals surface area contributed by atoms with Crippen LogP contribution in [0.15, 0.2) is 59.2 Å². The SMILES string of the molecule is COCC1=C([C@H](O)CC/C(C)=C/c2cccc(O)c2)[C@H](CO)[C@@H]2C(=O)N(c3cc(C(F)(F)F)cc(C(F)(F)F)c3)C(=O)[C@@H]2C1. The molecule has 13 heteroatoms. The Hall–Kier alpha value is -3.68. The molecule has 0 bridgehead atoms. The summed E-state index contributed by atoms with van der Waals surface area (Å²) in [6.45, 7) is 0.999. The van der Waals surface area contributed by atoms with Crippen molar-refractivity contribution in [1.29, 1.82) is 0 Å². The van der Waals surface area contributed by atoms with Gasteiger partial charge in [0, 0.05) is 13.0 Å². The van der Waals surface area contributed by atoms with E-state index in [1.54, 1.807) is 24.3 Å². The molecule has 2 aromatic rings. The second kappa shape index (κ2) is 12.7. The Morgan fingerprint density at radius 1 is 1.05 bits per heavy atom. The Morgan fingerprint density at radius 3 is 2.23 bits per heavy atom. The van der Waals surface area contributed by atoms with Crippen molar-refractivity contribution in [3.63, 3.8) is 0 Å². The molecule has 0 unspecified atom stereocenters. The number of aliphatic hydroxyl groups excluding tert-OH is 2. The molecule has 7 nitrogen and oxygen atoms in total. The Balaban J connectivity index is 1.67. The maximum Gasteiger partial charge on any atom is 0.416 e. The van der Waals surface area contributed by atoms with Gasteiger partial charge in [-0.15, -0.1) is 0 Å². The van der Waals surface area contributed by atoms with Crippen molar-refractivity contribution >= 4 is 23.6 Å². The van der Waals surface area contributed by atoms with Gasteiger partial charge in [0.15, 0.2) is 0 Å². The Bertz CT molecular complexity index is 1450. The fraction of sp³-hybridized carbons (Fsp3) is 0.419. The summed E-state index contributed by atoms with van der Waals surface area (Å²) in [6.07, 6.45) is -9.46. The zero-order chi connectivity index (χ0) is 32.6. The first-order valence-electron chi connectivity index (χ1n) is 13.7. The molecule has 4 rings (SSSR count). The number of anilines is 1. The van der Waals surface area contributed by atoms with E-state index in [4.69, 9.17) is 4.74 Å². The van der Waals surface area contributed by atoms with Gasteiger partial charge in [0.25, 0.3) is 0 Å². The number of methoxy groups -OCH3 is 1. The first kappa shape index (κ1) is 33.2. The van der Waals surface area contributed by atoms with Crippen LogP contribution in [0.1, 0.15) is 42.9 Å². The summed E-state index contributed by atoms with van der Waals surface area (Å²) in [5.41, 5.74) is -2.01. The van der Waals surface area contributed by atoms with Crippen LogP contribution in [0.5, 0.6) is 5.75 Å². The minimum atomic E-state index is -5.19. The van der Waals surface area contributed by atoms with Gasteiger partial charge in [0.2, 0.25) is 11.8 Å². The zero-order valence-electron chi connectivity index (χ0n) is 23.7. The molecule has 238 valence electrons. The van der Waals surface area contributed by atoms with E-state index in [9.17, 15) is 51.3 Å². The number of aliphatic hydroxyl groups is 2. The number of rotatable bonds is 9. The highest BCUT2D eigenvalue weighted by molar-refractivity contribution is 6.22. The van der Waals surface area contributed by atoms with Crippen molar-refractivity contribution in [3.05, 3.63) is 75.9 Å². The van der Waals surface area contributed by atoms with Crippen LogP contribution in [-0.2, 0) is 26.7 Å². The quantitative estimate of drug-likeness (QED) is 0.186. The number of ether oxygens (including phenoxy) is 1. The van der Waals surface area contributed by atoms with E-state index in [-0.39, 0.29) is 36.8 Å². The number of phenols is 1. The number of imide groups is 1. The average molecular weight is 628 g/mol. The number of allylic oxidation sites excluding steroid dienone is 1. The van der Waals surface area contributed by atoms with Crippen LogP contribution < -0.4 is 4.90 Å². The van der Waals surface area contributed by atoms with Crippen molar-refractivity contribution in [2.45, 2.75) is 44.6 Å². The summed E-state index contributed by atoms with van der Waals surface area (Å²) in [4.78, 5) is 27.4. The standard InChI is InChI=1S/C31H31F6NO6/c1-16(8-17-4-3-5-22(40)9-17)6-7-25(41)26-18(15-44-2)10-23-27(24(26)14-39)29(43)38(28(23)42)21-12-19(30(32,33)34)11-20(13-21)31(35,36)37/h3-5,8-9,11-13,23-25,27,39-41H,6-7,10,14-15H2,1-2H3/b16-8+/t23-,24+,25-,27-/m1/s1. The molecule has 44 heavy (non-hydrogen) atoms. The number of nitrogens with zero attached hydrogens (tertiary/aromatic N) is 1. The van der Waals surface area contributed by atoms with Gasteiger partial charge in [-0.3, -0.25) is 9.59 Å². The molecule has 3 N–H and O–H groups in total. The molecule has 2 aromatic carbocycles. The summed E-state index contributed by atoms with van der Waals surface area (Å²) >= 11 is 0. The van der Waals surface area contributed by atoms with Gasteiger partial charge in [-0.05, 0) is 73.2 Å². The number of carbonyl (C=O) groups is 2. The number of hydrogen-bond acceptors (Lipinski definition) is 6. The summed E-state index contributed by atoms with van der Waals surface area (Å²) in [5.74, 6) is -5.65. The van der Waals surface area contributed by atoms with E-state index in [0.717, 1.165) is 11.1 Å². The molecule has 2 amide bonds. The Morgan fingerprint density at radius 2 is 1.68 bits per heavy atom. The van der Waals surface area contributed by atoms with Gasteiger partial charge in [0.05, 0.1) is 48.0 Å². The third kappa shape index (κ3) is 6.84. The van der Waals surface area contributed by atoms with Gasteiger partial charge >= 0.3 is 12.4 Å². The minimum absolute atomic E-state index is 0.0769. The first-order chi connectivity index (χ1) is 20.6. The average Bonchev–Trinajstić information content (AvgIpc) is 3.19. The fourth-order valence-corrected chi connectivity index (χ4v) is 6.08. The normalized spacial score (nSPS) is 22.1. The molecule has 0 spiro atoms. The van der Waals surface area contributed by atoms with Crippen LogP contribution in [0.25, 0.3) is 6.08 Å². The molecule has 1 aliphatic carbocycles. The van der Waals surface area contributed by atoms with Crippen LogP contribution in [-0.4, -0.2) is 53.6 Å². The topological polar surface area (TPSA) is 107 Å². The van der Waals surface area contributed by atoms with Crippen LogP contribution in [0.3, 0.4) is 0 Å². The van der Waals surface area contributed by atoms with Gasteiger partial charge in [-0.25, -0.2) is 4.90 Å². The predicted molar refractivity (Wildman–Crippen MR) is 147 cm³/mol. The molecule has 2 aliphatic rings. The van der Waals surface area contributed by atoms with E-state index in [0.29, 0.717) is 29.0 Å². The monoisotopic (exact) mass is 627 g/mol. The Kier molecular flexibility index (Phi) is 9.62. The number of carbonyl (C=O) groups excluding carboxylic acids is 2. The molecular weight excluding hydrogens is 596 g/mol. The number of phenolic OH excluding ortho intramolecular Hbond substituents is 1. The maximum absolute atomic E-state index is 13.6. The largest absolute Gasteiger partial charge is 0.508 e. The molecule has 1 fully saturated rings. The molecule has 0 radical (unpaired) electrons. The van der Waals surface area contributed by atoms with Gasteiger partial charge in [-0.1, -0.05) is 23.8 Å². The summed E-state index contributed by atoms with van der Waals surface area (Å²) in [7, 11) is 1.36. The van der Waals surface area contributed by atoms with Crippen molar-refractivity contribution in [1.82, 2.24) is 0 Å². The van der Waals surface area contributed by atoms with E-state index in [1.165, 1.54) is 13.2 Å². The number of fused-ring (bicyclic) bond motifs is 1. The second-order valence-electron chi connectivity index (χ2n) is 11.0. The molecule has 4 atom stereocenters.